The molecule has 3 rings (SSSR count). The van der Waals surface area contributed by atoms with E-state index in [4.69, 9.17) is 46.4 Å². The van der Waals surface area contributed by atoms with E-state index < -0.39 is 28.5 Å². The molecule has 1 atom stereocenters. The molecule has 0 spiro atoms. The lowest BCUT2D eigenvalue weighted by atomic mass is 10.1. The van der Waals surface area contributed by atoms with Crippen molar-refractivity contribution in [2.75, 3.05) is 10.8 Å². The van der Waals surface area contributed by atoms with Crippen LogP contribution in [-0.2, 0) is 26.2 Å². The van der Waals surface area contributed by atoms with Gasteiger partial charge >= 0.3 is 0 Å². The van der Waals surface area contributed by atoms with Gasteiger partial charge in [-0.3, -0.25) is 13.9 Å². The number of carbonyl (C=O) groups excluding carboxylic acids is 2. The first kappa shape index (κ1) is 32.0. The molecule has 0 radical (unpaired) electrons. The predicted octanol–water partition coefficient (Wildman–Crippen LogP) is 6.83. The van der Waals surface area contributed by atoms with Crippen molar-refractivity contribution in [2.24, 2.45) is 0 Å². The van der Waals surface area contributed by atoms with Crippen LogP contribution in [0.15, 0.2) is 71.6 Å². The highest BCUT2D eigenvalue weighted by Gasteiger charge is 2.34. The second kappa shape index (κ2) is 13.9. The fourth-order valence-electron chi connectivity index (χ4n) is 4.07. The number of amides is 2. The van der Waals surface area contributed by atoms with E-state index >= 15 is 0 Å². The first-order valence-electron chi connectivity index (χ1n) is 12.4. The van der Waals surface area contributed by atoms with Gasteiger partial charge in [-0.05, 0) is 68.3 Å². The molecule has 0 saturated carbocycles. The van der Waals surface area contributed by atoms with Crippen LogP contribution in [0.3, 0.4) is 0 Å². The van der Waals surface area contributed by atoms with Gasteiger partial charge < -0.3 is 10.2 Å². The van der Waals surface area contributed by atoms with Crippen molar-refractivity contribution in [1.82, 2.24) is 10.2 Å². The maximum Gasteiger partial charge on any atom is 0.264 e. The van der Waals surface area contributed by atoms with Crippen molar-refractivity contribution in [3.8, 4) is 0 Å². The SMILES string of the molecule is CC[C@@H](C(=O)NC(C)C)N(Cc1ccc(Cl)c(Cl)c1)C(=O)CN(c1cc(Cl)cc(Cl)c1)S(=O)(=O)c1ccccc1. The number of hydrogen-bond donors (Lipinski definition) is 1. The number of nitrogens with zero attached hydrogens (tertiary/aromatic N) is 2. The highest BCUT2D eigenvalue weighted by Crippen LogP contribution is 2.30. The molecule has 0 aliphatic carbocycles. The van der Waals surface area contributed by atoms with Crippen LogP contribution in [0.25, 0.3) is 0 Å². The van der Waals surface area contributed by atoms with Crippen molar-refractivity contribution in [2.45, 2.75) is 50.7 Å². The Bertz CT molecular complexity index is 1450. The fraction of sp³-hybridized carbons (Fsp3) is 0.286. The van der Waals surface area contributed by atoms with E-state index in [9.17, 15) is 18.0 Å². The zero-order valence-corrected chi connectivity index (χ0v) is 25.9. The standard InChI is InChI=1S/C28H29Cl4N3O4S/c1-4-26(28(37)33-18(2)3)34(16-19-10-11-24(31)25(32)12-19)27(36)17-35(22-14-20(29)13-21(30)15-22)40(38,39)23-8-6-5-7-9-23/h5-15,18,26H,4,16-17H2,1-3H3,(H,33,37)/t26-/m0/s1. The maximum absolute atomic E-state index is 14.0. The minimum atomic E-state index is -4.24. The Morgan fingerprint density at radius 3 is 2.05 bits per heavy atom. The van der Waals surface area contributed by atoms with E-state index in [1.54, 1.807) is 43.3 Å². The molecule has 0 fully saturated rings. The average Bonchev–Trinajstić information content (AvgIpc) is 2.88. The molecule has 40 heavy (non-hydrogen) atoms. The second-order valence-corrected chi connectivity index (χ2v) is 12.9. The summed E-state index contributed by atoms with van der Waals surface area (Å²) in [5.74, 6) is -0.985. The highest BCUT2D eigenvalue weighted by atomic mass is 35.5. The number of sulfonamides is 1. The number of hydrogen-bond acceptors (Lipinski definition) is 4. The molecule has 2 amide bonds. The van der Waals surface area contributed by atoms with E-state index in [2.05, 4.69) is 5.32 Å². The van der Waals surface area contributed by atoms with Crippen molar-refractivity contribution in [1.29, 1.82) is 0 Å². The minimum absolute atomic E-state index is 0.0186. The third-order valence-electron chi connectivity index (χ3n) is 5.90. The molecule has 7 nitrogen and oxygen atoms in total. The van der Waals surface area contributed by atoms with Crippen molar-refractivity contribution in [3.63, 3.8) is 0 Å². The van der Waals surface area contributed by atoms with E-state index in [-0.39, 0.29) is 50.6 Å². The third-order valence-corrected chi connectivity index (χ3v) is 8.86. The number of anilines is 1. The Labute approximate surface area is 255 Å². The number of carbonyl (C=O) groups is 2. The van der Waals surface area contributed by atoms with Crippen molar-refractivity contribution in [3.05, 3.63) is 92.4 Å². The second-order valence-electron chi connectivity index (χ2n) is 9.31. The normalized spacial score (nSPS) is 12.2. The van der Waals surface area contributed by atoms with Gasteiger partial charge in [-0.25, -0.2) is 8.42 Å². The Hall–Kier alpha value is -2.49. The maximum atomic E-state index is 14.0. The Morgan fingerprint density at radius 2 is 1.50 bits per heavy atom. The van der Waals surface area contributed by atoms with Crippen molar-refractivity contribution < 1.29 is 18.0 Å². The lowest BCUT2D eigenvalue weighted by molar-refractivity contribution is -0.140. The van der Waals surface area contributed by atoms with Crippen LogP contribution in [0.1, 0.15) is 32.8 Å². The van der Waals surface area contributed by atoms with Gasteiger partial charge in [-0.1, -0.05) is 77.6 Å². The molecular formula is C28H29Cl4N3O4S. The minimum Gasteiger partial charge on any atom is -0.352 e. The molecule has 3 aromatic rings. The lowest BCUT2D eigenvalue weighted by Gasteiger charge is -2.33. The smallest absolute Gasteiger partial charge is 0.264 e. The number of nitrogens with one attached hydrogen (secondary N) is 1. The van der Waals surface area contributed by atoms with Crippen LogP contribution in [0, 0.1) is 0 Å². The molecule has 0 unspecified atom stereocenters. The van der Waals surface area contributed by atoms with Gasteiger partial charge in [-0.15, -0.1) is 0 Å². The monoisotopic (exact) mass is 643 g/mol. The molecule has 214 valence electrons. The van der Waals surface area contributed by atoms with Gasteiger partial charge in [0.1, 0.15) is 12.6 Å². The zero-order chi connectivity index (χ0) is 29.6. The molecule has 0 aliphatic rings. The van der Waals surface area contributed by atoms with Crippen LogP contribution in [-0.4, -0.2) is 43.8 Å². The van der Waals surface area contributed by atoms with E-state index in [0.717, 1.165) is 4.31 Å². The number of benzene rings is 3. The van der Waals surface area contributed by atoms with E-state index in [1.165, 1.54) is 35.2 Å². The average molecular weight is 645 g/mol. The Morgan fingerprint density at radius 1 is 0.875 bits per heavy atom. The quantitative estimate of drug-likeness (QED) is 0.248. The van der Waals surface area contributed by atoms with E-state index in [1.807, 2.05) is 13.8 Å². The number of rotatable bonds is 11. The summed E-state index contributed by atoms with van der Waals surface area (Å²) in [4.78, 5) is 28.5. The molecule has 0 bridgehead atoms. The highest BCUT2D eigenvalue weighted by molar-refractivity contribution is 7.92. The number of halogens is 4. The topological polar surface area (TPSA) is 86.8 Å². The predicted molar refractivity (Wildman–Crippen MR) is 162 cm³/mol. The molecule has 1 N–H and O–H groups in total. The fourth-order valence-corrected chi connectivity index (χ4v) is 6.32. The van der Waals surface area contributed by atoms with Gasteiger partial charge in [-0.2, -0.15) is 0 Å². The van der Waals surface area contributed by atoms with Crippen LogP contribution >= 0.6 is 46.4 Å². The van der Waals surface area contributed by atoms with Gasteiger partial charge in [0, 0.05) is 22.6 Å². The Kier molecular flexibility index (Phi) is 11.1. The summed E-state index contributed by atoms with van der Waals surface area (Å²) in [6.45, 7) is 4.75. The first-order valence-corrected chi connectivity index (χ1v) is 15.4. The lowest BCUT2D eigenvalue weighted by Crippen LogP contribution is -2.53. The Balaban J connectivity index is 2.10. The molecule has 3 aromatic carbocycles. The molecular weight excluding hydrogens is 616 g/mol. The summed E-state index contributed by atoms with van der Waals surface area (Å²) in [5.41, 5.74) is 0.714. The van der Waals surface area contributed by atoms with Crippen LogP contribution in [0.5, 0.6) is 0 Å². The summed E-state index contributed by atoms with van der Waals surface area (Å²) >= 11 is 24.7. The zero-order valence-electron chi connectivity index (χ0n) is 22.1. The van der Waals surface area contributed by atoms with Gasteiger partial charge in [0.15, 0.2) is 0 Å². The van der Waals surface area contributed by atoms with E-state index in [0.29, 0.717) is 10.6 Å². The molecule has 0 aliphatic heterocycles. The van der Waals surface area contributed by atoms with Gasteiger partial charge in [0.25, 0.3) is 10.0 Å². The molecule has 0 heterocycles. The third kappa shape index (κ3) is 8.04. The van der Waals surface area contributed by atoms with Crippen molar-refractivity contribution >= 4 is 73.9 Å². The van der Waals surface area contributed by atoms with Gasteiger partial charge in [0.2, 0.25) is 11.8 Å². The summed E-state index contributed by atoms with van der Waals surface area (Å²) in [6.07, 6.45) is 0.278. The van der Waals surface area contributed by atoms with Gasteiger partial charge in [0.05, 0.1) is 20.6 Å². The molecule has 0 saturated heterocycles. The largest absolute Gasteiger partial charge is 0.352 e. The molecule has 12 heteroatoms. The van der Waals surface area contributed by atoms with Crippen LogP contribution in [0.4, 0.5) is 5.69 Å². The first-order chi connectivity index (χ1) is 18.8. The van der Waals surface area contributed by atoms with Crippen LogP contribution < -0.4 is 9.62 Å². The summed E-state index contributed by atoms with van der Waals surface area (Å²) < 4.78 is 28.6. The van der Waals surface area contributed by atoms with Crippen LogP contribution in [0.2, 0.25) is 20.1 Å². The summed E-state index contributed by atoms with van der Waals surface area (Å²) in [5, 5.41) is 3.86. The molecule has 0 aromatic heterocycles. The summed E-state index contributed by atoms with van der Waals surface area (Å²) in [7, 11) is -4.24. The summed E-state index contributed by atoms with van der Waals surface area (Å²) in [6, 6.07) is 15.8.